The molecule has 0 radical (unpaired) electrons. The highest BCUT2D eigenvalue weighted by atomic mass is 16.6. The number of hydrogen-bond acceptors (Lipinski definition) is 3. The number of hydrogen-bond donors (Lipinski definition) is 1. The predicted octanol–water partition coefficient (Wildman–Crippen LogP) is 1.87. The van der Waals surface area contributed by atoms with E-state index in [-0.39, 0.29) is 24.2 Å². The first kappa shape index (κ1) is 12.7. The van der Waals surface area contributed by atoms with E-state index in [0.717, 1.165) is 6.54 Å². The summed E-state index contributed by atoms with van der Waals surface area (Å²) in [5.41, 5.74) is -0.203. The quantitative estimate of drug-likeness (QED) is 0.762. The molecule has 2 fully saturated rings. The van der Waals surface area contributed by atoms with Crippen LogP contribution < -0.4 is 0 Å². The zero-order valence-corrected chi connectivity index (χ0v) is 11.4. The van der Waals surface area contributed by atoms with Gasteiger partial charge in [-0.2, -0.15) is 0 Å². The number of carbonyl (C=O) groups is 1. The molecule has 0 aromatic carbocycles. The van der Waals surface area contributed by atoms with Crippen LogP contribution >= 0.6 is 0 Å². The van der Waals surface area contributed by atoms with Crippen LogP contribution in [-0.4, -0.2) is 40.9 Å². The predicted molar refractivity (Wildman–Crippen MR) is 64.6 cm³/mol. The van der Waals surface area contributed by atoms with E-state index in [4.69, 9.17) is 4.74 Å². The van der Waals surface area contributed by atoms with Crippen LogP contribution in [0.5, 0.6) is 0 Å². The van der Waals surface area contributed by atoms with E-state index >= 15 is 0 Å². The van der Waals surface area contributed by atoms with Crippen molar-refractivity contribution in [1.29, 1.82) is 0 Å². The molecule has 1 saturated carbocycles. The molecule has 4 nitrogen and oxygen atoms in total. The summed E-state index contributed by atoms with van der Waals surface area (Å²) in [5, 5.41) is 9.46. The minimum absolute atomic E-state index is 0.0316. The van der Waals surface area contributed by atoms with E-state index in [9.17, 15) is 9.90 Å². The van der Waals surface area contributed by atoms with Gasteiger partial charge in [-0.1, -0.05) is 13.8 Å². The van der Waals surface area contributed by atoms with E-state index in [0.29, 0.717) is 11.8 Å². The smallest absolute Gasteiger partial charge is 0.410 e. The maximum absolute atomic E-state index is 12.0. The number of ether oxygens (including phenoxy) is 1. The molecule has 1 amide bonds. The first-order valence-corrected chi connectivity index (χ1v) is 6.29. The van der Waals surface area contributed by atoms with Gasteiger partial charge in [0.25, 0.3) is 0 Å². The molecule has 98 valence electrons. The Bertz CT molecular complexity index is 332. The van der Waals surface area contributed by atoms with Gasteiger partial charge in [0.2, 0.25) is 0 Å². The molecule has 0 unspecified atom stereocenters. The second kappa shape index (κ2) is 3.61. The van der Waals surface area contributed by atoms with Crippen LogP contribution in [0, 0.1) is 17.3 Å². The van der Waals surface area contributed by atoms with Crippen LogP contribution in [0.15, 0.2) is 0 Å². The van der Waals surface area contributed by atoms with Gasteiger partial charge in [-0.25, -0.2) is 4.79 Å². The summed E-state index contributed by atoms with van der Waals surface area (Å²) in [6.45, 7) is 10.7. The lowest BCUT2D eigenvalue weighted by Crippen LogP contribution is -2.45. The van der Waals surface area contributed by atoms with E-state index in [1.165, 1.54) is 0 Å². The van der Waals surface area contributed by atoms with Gasteiger partial charge in [0, 0.05) is 6.54 Å². The molecular formula is C13H23NO3. The molecular weight excluding hydrogens is 218 g/mol. The van der Waals surface area contributed by atoms with E-state index in [1.807, 2.05) is 20.8 Å². The Balaban J connectivity index is 2.03. The number of aliphatic hydroxyl groups excluding tert-OH is 1. The van der Waals surface area contributed by atoms with Crippen LogP contribution in [0.4, 0.5) is 4.79 Å². The first-order chi connectivity index (χ1) is 7.68. The lowest BCUT2D eigenvalue weighted by Gasteiger charge is -2.31. The Labute approximate surface area is 103 Å². The number of piperidine rings is 1. The maximum atomic E-state index is 12.0. The molecule has 1 aliphatic heterocycles. The van der Waals surface area contributed by atoms with Gasteiger partial charge >= 0.3 is 6.09 Å². The van der Waals surface area contributed by atoms with Crippen molar-refractivity contribution < 1.29 is 14.6 Å². The fourth-order valence-electron chi connectivity index (χ4n) is 3.18. The number of nitrogens with zero attached hydrogens (tertiary/aromatic N) is 1. The molecule has 0 bridgehead atoms. The van der Waals surface area contributed by atoms with Gasteiger partial charge in [0.1, 0.15) is 5.60 Å². The Kier molecular flexibility index (Phi) is 2.69. The van der Waals surface area contributed by atoms with Gasteiger partial charge in [-0.15, -0.1) is 0 Å². The SMILES string of the molecule is CC(C)(C)OC(=O)N1C[C@@H]2[C@H]([C@H]1CO)C2(C)C. The number of likely N-dealkylation sites (tertiary alicyclic amines) is 1. The Morgan fingerprint density at radius 3 is 2.53 bits per heavy atom. The summed E-state index contributed by atoms with van der Waals surface area (Å²) in [4.78, 5) is 13.7. The Morgan fingerprint density at radius 1 is 1.47 bits per heavy atom. The number of rotatable bonds is 1. The molecule has 3 atom stereocenters. The third kappa shape index (κ3) is 2.03. The summed E-state index contributed by atoms with van der Waals surface area (Å²) >= 11 is 0. The average molecular weight is 241 g/mol. The molecule has 0 aromatic rings. The molecule has 0 spiro atoms. The highest BCUT2D eigenvalue weighted by molar-refractivity contribution is 5.69. The zero-order valence-electron chi connectivity index (χ0n) is 11.4. The number of aliphatic hydroxyl groups is 1. The van der Waals surface area contributed by atoms with Crippen molar-refractivity contribution in [2.24, 2.45) is 17.3 Å². The largest absolute Gasteiger partial charge is 0.444 e. The van der Waals surface area contributed by atoms with Crippen molar-refractivity contribution in [2.45, 2.75) is 46.3 Å². The van der Waals surface area contributed by atoms with Crippen LogP contribution in [0.25, 0.3) is 0 Å². The third-order valence-electron chi connectivity index (χ3n) is 4.16. The first-order valence-electron chi connectivity index (χ1n) is 6.29. The van der Waals surface area contributed by atoms with Crippen molar-refractivity contribution in [2.75, 3.05) is 13.2 Å². The van der Waals surface area contributed by atoms with Crippen molar-refractivity contribution in [3.8, 4) is 0 Å². The van der Waals surface area contributed by atoms with Crippen molar-refractivity contribution in [3.05, 3.63) is 0 Å². The van der Waals surface area contributed by atoms with Gasteiger partial charge in [0.15, 0.2) is 0 Å². The highest BCUT2D eigenvalue weighted by Crippen LogP contribution is 2.64. The van der Waals surface area contributed by atoms with Gasteiger partial charge in [-0.3, -0.25) is 0 Å². The molecule has 17 heavy (non-hydrogen) atoms. The fourth-order valence-corrected chi connectivity index (χ4v) is 3.18. The summed E-state index contributed by atoms with van der Waals surface area (Å²) in [5.74, 6) is 0.951. The molecule has 1 heterocycles. The molecule has 4 heteroatoms. The van der Waals surface area contributed by atoms with E-state index in [2.05, 4.69) is 13.8 Å². The van der Waals surface area contributed by atoms with Crippen LogP contribution in [-0.2, 0) is 4.74 Å². The third-order valence-corrected chi connectivity index (χ3v) is 4.16. The second-order valence-corrected chi connectivity index (χ2v) is 6.84. The summed E-state index contributed by atoms with van der Waals surface area (Å²) in [7, 11) is 0. The molecule has 2 rings (SSSR count). The fraction of sp³-hybridized carbons (Fsp3) is 0.923. The number of carbonyl (C=O) groups excluding carboxylic acids is 1. The topological polar surface area (TPSA) is 49.8 Å². The average Bonchev–Trinajstić information content (AvgIpc) is 2.59. The molecule has 1 N–H and O–H groups in total. The van der Waals surface area contributed by atoms with Gasteiger partial charge in [-0.05, 0) is 38.0 Å². The minimum Gasteiger partial charge on any atom is -0.444 e. The van der Waals surface area contributed by atoms with Crippen LogP contribution in [0.1, 0.15) is 34.6 Å². The van der Waals surface area contributed by atoms with Crippen LogP contribution in [0.2, 0.25) is 0 Å². The van der Waals surface area contributed by atoms with Gasteiger partial charge in [0.05, 0.1) is 12.6 Å². The summed E-state index contributed by atoms with van der Waals surface area (Å²) in [6.07, 6.45) is -0.292. The second-order valence-electron chi connectivity index (χ2n) is 6.84. The maximum Gasteiger partial charge on any atom is 0.410 e. The molecule has 0 aromatic heterocycles. The standard InChI is InChI=1S/C13H23NO3/c1-12(2,3)17-11(16)14-6-8-10(9(14)7-15)13(8,4)5/h8-10,15H,6-7H2,1-5H3/t8-,9-,10-/m1/s1. The van der Waals surface area contributed by atoms with E-state index in [1.54, 1.807) is 4.90 Å². The molecule has 2 aliphatic rings. The van der Waals surface area contributed by atoms with Crippen molar-refractivity contribution >= 4 is 6.09 Å². The number of amides is 1. The lowest BCUT2D eigenvalue weighted by molar-refractivity contribution is 0.00960. The highest BCUT2D eigenvalue weighted by Gasteiger charge is 2.67. The monoisotopic (exact) mass is 241 g/mol. The van der Waals surface area contributed by atoms with Crippen molar-refractivity contribution in [3.63, 3.8) is 0 Å². The normalized spacial score (nSPS) is 34.5. The van der Waals surface area contributed by atoms with Crippen LogP contribution in [0.3, 0.4) is 0 Å². The minimum atomic E-state index is -0.473. The molecule has 1 aliphatic carbocycles. The van der Waals surface area contributed by atoms with Crippen molar-refractivity contribution in [1.82, 2.24) is 4.90 Å². The number of fused-ring (bicyclic) bond motifs is 1. The van der Waals surface area contributed by atoms with E-state index < -0.39 is 5.60 Å². The summed E-state index contributed by atoms with van der Waals surface area (Å²) in [6, 6.07) is -0.0650. The molecule has 1 saturated heterocycles. The van der Waals surface area contributed by atoms with Gasteiger partial charge < -0.3 is 14.7 Å². The zero-order chi connectivity index (χ0) is 13.0. The Hall–Kier alpha value is -0.770. The summed E-state index contributed by atoms with van der Waals surface area (Å²) < 4.78 is 5.37. The lowest BCUT2D eigenvalue weighted by atomic mass is 10.0. The Morgan fingerprint density at radius 2 is 2.06 bits per heavy atom.